The minimum Gasteiger partial charge on any atom is -0.487 e. The van der Waals surface area contributed by atoms with Gasteiger partial charge in [-0.05, 0) is 12.8 Å². The van der Waals surface area contributed by atoms with Gasteiger partial charge in [0.15, 0.2) is 11.5 Å². The summed E-state index contributed by atoms with van der Waals surface area (Å²) in [4.78, 5) is 15.8. The highest BCUT2D eigenvalue weighted by Gasteiger charge is 2.16. The Kier molecular flexibility index (Phi) is 7.95. The SMILES string of the molecule is C=Nc1cc(OCCOC)c(OCCOC)cc1C(=O)NC. The van der Waals surface area contributed by atoms with Crippen LogP contribution in [0.4, 0.5) is 5.69 Å². The number of aliphatic imine (C=N–C) groups is 1. The van der Waals surface area contributed by atoms with Crippen LogP contribution < -0.4 is 14.8 Å². The number of hydrogen-bond acceptors (Lipinski definition) is 6. The zero-order valence-corrected chi connectivity index (χ0v) is 13.2. The first-order valence-corrected chi connectivity index (χ1v) is 6.78. The molecule has 0 bridgehead atoms. The summed E-state index contributed by atoms with van der Waals surface area (Å²) in [6, 6.07) is 3.20. The molecule has 1 amide bonds. The van der Waals surface area contributed by atoms with Crippen LogP contribution in [0, 0.1) is 0 Å². The van der Waals surface area contributed by atoms with Crippen LogP contribution in [0.1, 0.15) is 10.4 Å². The normalized spacial score (nSPS) is 10.1. The zero-order chi connectivity index (χ0) is 16.4. The monoisotopic (exact) mass is 310 g/mol. The lowest BCUT2D eigenvalue weighted by Gasteiger charge is -2.15. The van der Waals surface area contributed by atoms with E-state index in [9.17, 15) is 4.79 Å². The summed E-state index contributed by atoms with van der Waals surface area (Å²) in [5, 5.41) is 2.55. The summed E-state index contributed by atoms with van der Waals surface area (Å²) < 4.78 is 21.1. The van der Waals surface area contributed by atoms with Crippen molar-refractivity contribution in [3.8, 4) is 11.5 Å². The first-order chi connectivity index (χ1) is 10.7. The molecule has 0 spiro atoms. The van der Waals surface area contributed by atoms with E-state index in [1.54, 1.807) is 33.4 Å². The summed E-state index contributed by atoms with van der Waals surface area (Å²) in [5.74, 6) is 0.643. The molecule has 7 heteroatoms. The lowest BCUT2D eigenvalue weighted by molar-refractivity contribution is 0.0962. The fourth-order valence-corrected chi connectivity index (χ4v) is 1.69. The summed E-state index contributed by atoms with van der Waals surface area (Å²) in [7, 11) is 4.72. The van der Waals surface area contributed by atoms with Gasteiger partial charge in [-0.1, -0.05) is 0 Å². The quantitative estimate of drug-likeness (QED) is 0.522. The maximum atomic E-state index is 11.9. The van der Waals surface area contributed by atoms with Gasteiger partial charge in [0, 0.05) is 27.3 Å². The summed E-state index contributed by atoms with van der Waals surface area (Å²) in [6.45, 7) is 5.03. The number of rotatable bonds is 10. The molecule has 0 radical (unpaired) electrons. The Hall–Kier alpha value is -2.12. The molecule has 1 rings (SSSR count). The second-order valence-electron chi connectivity index (χ2n) is 4.24. The molecule has 1 N–H and O–H groups in total. The smallest absolute Gasteiger partial charge is 0.253 e. The standard InChI is InChI=1S/C15H22N2O5/c1-16-12-10-14(22-8-6-20-4)13(21-7-5-19-3)9-11(12)15(18)17-2/h9-10H,1,5-8H2,2-4H3,(H,17,18). The number of carbonyl (C=O) groups excluding carboxylic acids is 1. The van der Waals surface area contributed by atoms with Crippen LogP contribution in [0.25, 0.3) is 0 Å². The number of nitrogens with zero attached hydrogens (tertiary/aromatic N) is 1. The molecule has 0 aliphatic rings. The van der Waals surface area contributed by atoms with Crippen molar-refractivity contribution in [1.29, 1.82) is 0 Å². The molecule has 0 fully saturated rings. The molecule has 0 saturated carbocycles. The van der Waals surface area contributed by atoms with Crippen LogP contribution in [0.2, 0.25) is 0 Å². The third kappa shape index (κ3) is 5.01. The van der Waals surface area contributed by atoms with Crippen molar-refractivity contribution in [1.82, 2.24) is 5.32 Å². The molecule has 0 saturated heterocycles. The lowest BCUT2D eigenvalue weighted by atomic mass is 10.1. The third-order valence-corrected chi connectivity index (χ3v) is 2.79. The van der Waals surface area contributed by atoms with Gasteiger partial charge < -0.3 is 24.3 Å². The largest absolute Gasteiger partial charge is 0.487 e. The highest BCUT2D eigenvalue weighted by atomic mass is 16.5. The first-order valence-electron chi connectivity index (χ1n) is 6.78. The van der Waals surface area contributed by atoms with E-state index in [1.807, 2.05) is 0 Å². The van der Waals surface area contributed by atoms with Crippen LogP contribution >= 0.6 is 0 Å². The Balaban J connectivity index is 3.09. The molecular formula is C15H22N2O5. The van der Waals surface area contributed by atoms with Gasteiger partial charge in [0.25, 0.3) is 5.91 Å². The number of carbonyl (C=O) groups is 1. The van der Waals surface area contributed by atoms with Crippen LogP contribution in [-0.4, -0.2) is 60.3 Å². The van der Waals surface area contributed by atoms with Gasteiger partial charge in [-0.25, -0.2) is 0 Å². The van der Waals surface area contributed by atoms with Gasteiger partial charge in [0.2, 0.25) is 0 Å². The zero-order valence-electron chi connectivity index (χ0n) is 13.2. The van der Waals surface area contributed by atoms with Crippen molar-refractivity contribution in [2.75, 3.05) is 47.7 Å². The second-order valence-corrected chi connectivity index (χ2v) is 4.24. The molecular weight excluding hydrogens is 288 g/mol. The van der Waals surface area contributed by atoms with E-state index in [0.717, 1.165) is 0 Å². The molecule has 1 aromatic rings. The summed E-state index contributed by atoms with van der Waals surface area (Å²) in [6.07, 6.45) is 0. The van der Waals surface area contributed by atoms with Crippen LogP contribution in [0.3, 0.4) is 0 Å². The number of hydrogen-bond donors (Lipinski definition) is 1. The van der Waals surface area contributed by atoms with E-state index in [0.29, 0.717) is 49.2 Å². The molecule has 122 valence electrons. The Morgan fingerprint density at radius 3 is 2.09 bits per heavy atom. The molecule has 0 aromatic heterocycles. The van der Waals surface area contributed by atoms with Gasteiger partial charge in [-0.3, -0.25) is 9.79 Å². The molecule has 0 heterocycles. The number of benzene rings is 1. The molecule has 0 aliphatic heterocycles. The van der Waals surface area contributed by atoms with E-state index < -0.39 is 0 Å². The summed E-state index contributed by atoms with van der Waals surface area (Å²) in [5.41, 5.74) is 0.787. The minimum absolute atomic E-state index is 0.276. The van der Waals surface area contributed by atoms with Crippen LogP contribution in [0.5, 0.6) is 11.5 Å². The topological polar surface area (TPSA) is 78.4 Å². The van der Waals surface area contributed by atoms with E-state index in [-0.39, 0.29) is 5.91 Å². The predicted octanol–water partition coefficient (Wildman–Crippen LogP) is 1.43. The van der Waals surface area contributed by atoms with Gasteiger partial charge in [-0.15, -0.1) is 0 Å². The number of nitrogens with one attached hydrogen (secondary N) is 1. The maximum absolute atomic E-state index is 11.9. The third-order valence-electron chi connectivity index (χ3n) is 2.79. The van der Waals surface area contributed by atoms with Crippen molar-refractivity contribution >= 4 is 18.3 Å². The summed E-state index contributed by atoms with van der Waals surface area (Å²) >= 11 is 0. The van der Waals surface area contributed by atoms with Gasteiger partial charge >= 0.3 is 0 Å². The fraction of sp³-hybridized carbons (Fsp3) is 0.467. The average molecular weight is 310 g/mol. The van der Waals surface area contributed by atoms with Crippen LogP contribution in [0.15, 0.2) is 17.1 Å². The highest BCUT2D eigenvalue weighted by molar-refractivity contribution is 6.00. The van der Waals surface area contributed by atoms with Gasteiger partial charge in [0.05, 0.1) is 24.5 Å². The molecule has 1 aromatic carbocycles. The number of methoxy groups -OCH3 is 2. The van der Waals surface area contributed by atoms with Crippen molar-refractivity contribution in [2.24, 2.45) is 4.99 Å². The lowest BCUT2D eigenvalue weighted by Crippen LogP contribution is -2.18. The minimum atomic E-state index is -0.276. The second kappa shape index (κ2) is 9.75. The van der Waals surface area contributed by atoms with E-state index in [4.69, 9.17) is 18.9 Å². The Bertz CT molecular complexity index is 505. The Labute approximate surface area is 130 Å². The molecule has 22 heavy (non-hydrogen) atoms. The molecule has 0 atom stereocenters. The van der Waals surface area contributed by atoms with Crippen LogP contribution in [-0.2, 0) is 9.47 Å². The van der Waals surface area contributed by atoms with E-state index in [1.165, 1.54) is 0 Å². The van der Waals surface area contributed by atoms with Crippen molar-refractivity contribution in [2.45, 2.75) is 0 Å². The first kappa shape index (κ1) is 17.9. The average Bonchev–Trinajstić information content (AvgIpc) is 2.55. The van der Waals surface area contributed by atoms with Gasteiger partial charge in [0.1, 0.15) is 13.2 Å². The van der Waals surface area contributed by atoms with Crippen molar-refractivity contribution in [3.05, 3.63) is 17.7 Å². The fourth-order valence-electron chi connectivity index (χ4n) is 1.69. The Morgan fingerprint density at radius 1 is 1.09 bits per heavy atom. The predicted molar refractivity (Wildman–Crippen MR) is 83.8 cm³/mol. The number of amides is 1. The van der Waals surface area contributed by atoms with E-state index >= 15 is 0 Å². The van der Waals surface area contributed by atoms with Crippen molar-refractivity contribution in [3.63, 3.8) is 0 Å². The molecule has 0 aliphatic carbocycles. The Morgan fingerprint density at radius 2 is 1.64 bits per heavy atom. The number of ether oxygens (including phenoxy) is 4. The maximum Gasteiger partial charge on any atom is 0.253 e. The van der Waals surface area contributed by atoms with E-state index in [2.05, 4.69) is 17.0 Å². The van der Waals surface area contributed by atoms with Gasteiger partial charge in [-0.2, -0.15) is 0 Å². The molecule has 7 nitrogen and oxygen atoms in total. The van der Waals surface area contributed by atoms with Crippen molar-refractivity contribution < 1.29 is 23.7 Å². The highest BCUT2D eigenvalue weighted by Crippen LogP contribution is 2.35. The molecule has 0 unspecified atom stereocenters.